The smallest absolute Gasteiger partial charge is 0.138 e. The number of hydrogen-bond donors (Lipinski definition) is 1. The van der Waals surface area contributed by atoms with Gasteiger partial charge in [0.1, 0.15) is 22.8 Å². The fourth-order valence-electron chi connectivity index (χ4n) is 5.22. The highest BCUT2D eigenvalue weighted by atomic mass is 32.1. The van der Waals surface area contributed by atoms with E-state index in [2.05, 4.69) is 23.2 Å². The van der Waals surface area contributed by atoms with Crippen LogP contribution in [0.1, 0.15) is 0 Å². The number of hydrogen-bond acceptors (Lipinski definition) is 2. The summed E-state index contributed by atoms with van der Waals surface area (Å²) in [4.78, 5) is 3.69. The third-order valence-electron chi connectivity index (χ3n) is 6.45. The second kappa shape index (κ2) is 5.13. The van der Waals surface area contributed by atoms with Crippen molar-refractivity contribution in [2.24, 2.45) is 0 Å². The van der Waals surface area contributed by atoms with Gasteiger partial charge in [-0.3, -0.25) is 0 Å². The maximum atomic E-state index is 13.9. The van der Waals surface area contributed by atoms with E-state index < -0.39 is 0 Å². The molecule has 0 aliphatic carbocycles. The minimum atomic E-state index is -0.315. The fourth-order valence-corrected chi connectivity index (χ4v) is 6.41. The number of H-pyrrole nitrogens is 1. The highest BCUT2D eigenvalue weighted by Gasteiger charge is 2.21. The van der Waals surface area contributed by atoms with Gasteiger partial charge in [-0.15, -0.1) is 11.3 Å². The van der Waals surface area contributed by atoms with Crippen LogP contribution in [-0.2, 0) is 0 Å². The molecule has 3 heterocycles. The number of benzene rings is 5. The third kappa shape index (κ3) is 1.86. The molecule has 5 heteroatoms. The normalized spacial score (nSPS) is 12.8. The lowest BCUT2D eigenvalue weighted by Gasteiger charge is -2.03. The summed E-state index contributed by atoms with van der Waals surface area (Å²) in [5.74, 6) is -0.540. The predicted octanol–water partition coefficient (Wildman–Crippen LogP) is 8.46. The molecule has 3 aromatic heterocycles. The molecular weight excluding hydrogens is 412 g/mol. The van der Waals surface area contributed by atoms with E-state index in [1.807, 2.05) is 12.1 Å². The van der Waals surface area contributed by atoms with Crippen molar-refractivity contribution in [1.29, 1.82) is 0 Å². The van der Waals surface area contributed by atoms with E-state index in [1.54, 1.807) is 23.5 Å². The molecule has 8 rings (SSSR count). The molecule has 2 nitrogen and oxygen atoms in total. The van der Waals surface area contributed by atoms with Crippen molar-refractivity contribution in [1.82, 2.24) is 4.98 Å². The van der Waals surface area contributed by atoms with Gasteiger partial charge >= 0.3 is 0 Å². The Hall–Kier alpha value is -3.70. The van der Waals surface area contributed by atoms with Crippen molar-refractivity contribution in [3.63, 3.8) is 0 Å². The quantitative estimate of drug-likeness (QED) is 0.244. The number of aromatic amines is 1. The van der Waals surface area contributed by atoms with Gasteiger partial charge in [-0.2, -0.15) is 0 Å². The number of nitrogens with one attached hydrogen (secondary N) is 1. The highest BCUT2D eigenvalue weighted by molar-refractivity contribution is 7.26. The largest absolute Gasteiger partial charge is 0.456 e. The van der Waals surface area contributed by atoms with E-state index >= 15 is 0 Å². The van der Waals surface area contributed by atoms with E-state index in [1.165, 1.54) is 23.6 Å². The molecule has 0 radical (unpaired) electrons. The van der Waals surface area contributed by atoms with Crippen molar-refractivity contribution in [2.45, 2.75) is 0 Å². The van der Waals surface area contributed by atoms with Crippen LogP contribution in [0.15, 0.2) is 65.1 Å². The molecule has 8 aromatic rings. The first-order valence-electron chi connectivity index (χ1n) is 9.99. The predicted molar refractivity (Wildman–Crippen MR) is 125 cm³/mol. The van der Waals surface area contributed by atoms with Crippen LogP contribution in [0.25, 0.3) is 74.7 Å². The number of fused-ring (bicyclic) bond motifs is 8. The van der Waals surface area contributed by atoms with Gasteiger partial charge in [0, 0.05) is 42.4 Å². The van der Waals surface area contributed by atoms with Crippen LogP contribution in [-0.4, -0.2) is 4.98 Å². The van der Waals surface area contributed by atoms with Crippen LogP contribution in [0.3, 0.4) is 0 Å². The van der Waals surface area contributed by atoms with E-state index in [-0.39, 0.29) is 11.6 Å². The highest BCUT2D eigenvalue weighted by Crippen LogP contribution is 2.47. The van der Waals surface area contributed by atoms with E-state index in [0.29, 0.717) is 5.58 Å². The number of aromatic nitrogens is 1. The molecule has 146 valence electrons. The Morgan fingerprint density at radius 1 is 0.613 bits per heavy atom. The Labute approximate surface area is 176 Å². The zero-order valence-electron chi connectivity index (χ0n) is 15.8. The standard InChI is InChI=1S/C26H11F2NOS/c27-13-3-5-15-17(9-13)30-18-7-11-1-2-12-8-20-24(16-6-4-14(28)10-19(16)31-20)26-22(12)21(11)25(29-26)23(15)18/h1-10,29H. The zero-order valence-corrected chi connectivity index (χ0v) is 16.7. The molecule has 0 aliphatic rings. The van der Waals surface area contributed by atoms with Crippen LogP contribution >= 0.6 is 11.3 Å². The molecule has 0 unspecified atom stereocenters. The van der Waals surface area contributed by atoms with Gasteiger partial charge in [0.2, 0.25) is 0 Å². The maximum absolute atomic E-state index is 13.9. The van der Waals surface area contributed by atoms with Gasteiger partial charge < -0.3 is 9.40 Å². The molecule has 0 saturated carbocycles. The summed E-state index contributed by atoms with van der Waals surface area (Å²) in [6, 6.07) is 18.1. The number of furan rings is 1. The first-order valence-corrected chi connectivity index (χ1v) is 10.8. The SMILES string of the molecule is Fc1ccc2c(c1)oc1cc3ccc4cc5sc6cc(F)ccc6c5c5[nH]c(c12)c3c45. The van der Waals surface area contributed by atoms with E-state index in [4.69, 9.17) is 4.42 Å². The van der Waals surface area contributed by atoms with Crippen LogP contribution in [0, 0.1) is 11.6 Å². The van der Waals surface area contributed by atoms with Crippen molar-refractivity contribution >= 4 is 86.0 Å². The lowest BCUT2D eigenvalue weighted by Crippen LogP contribution is -1.78. The van der Waals surface area contributed by atoms with Crippen LogP contribution in [0.4, 0.5) is 8.78 Å². The number of thiophene rings is 1. The summed E-state index contributed by atoms with van der Waals surface area (Å²) in [5.41, 5.74) is 3.32. The average molecular weight is 423 g/mol. The number of rotatable bonds is 0. The number of halogens is 2. The minimum absolute atomic E-state index is 0.225. The maximum Gasteiger partial charge on any atom is 0.138 e. The Morgan fingerprint density at radius 2 is 1.32 bits per heavy atom. The Balaban J connectivity index is 1.69. The van der Waals surface area contributed by atoms with Crippen molar-refractivity contribution < 1.29 is 13.2 Å². The minimum Gasteiger partial charge on any atom is -0.456 e. The van der Waals surface area contributed by atoms with Gasteiger partial charge in [0.05, 0.1) is 16.4 Å². The van der Waals surface area contributed by atoms with E-state index in [9.17, 15) is 8.78 Å². The lowest BCUT2D eigenvalue weighted by atomic mass is 9.98. The molecule has 0 fully saturated rings. The Morgan fingerprint density at radius 3 is 2.16 bits per heavy atom. The lowest BCUT2D eigenvalue weighted by molar-refractivity contribution is 0.618. The first kappa shape index (κ1) is 16.1. The molecule has 31 heavy (non-hydrogen) atoms. The van der Waals surface area contributed by atoms with Gasteiger partial charge in [0.15, 0.2) is 0 Å². The van der Waals surface area contributed by atoms with Crippen LogP contribution < -0.4 is 0 Å². The van der Waals surface area contributed by atoms with E-state index in [0.717, 1.165) is 63.7 Å². The second-order valence-corrected chi connectivity index (χ2v) is 9.21. The first-order chi connectivity index (χ1) is 15.2. The van der Waals surface area contributed by atoms with Gasteiger partial charge in [-0.05, 0) is 53.2 Å². The van der Waals surface area contributed by atoms with Gasteiger partial charge in [0.25, 0.3) is 0 Å². The molecule has 0 saturated heterocycles. The zero-order chi connectivity index (χ0) is 20.4. The Bertz CT molecular complexity index is 1880. The summed E-state index contributed by atoms with van der Waals surface area (Å²) >= 11 is 1.61. The average Bonchev–Trinajstić information content (AvgIpc) is 3.41. The van der Waals surface area contributed by atoms with Crippen molar-refractivity contribution in [3.05, 3.63) is 72.3 Å². The molecule has 0 aliphatic heterocycles. The molecule has 0 spiro atoms. The third-order valence-corrected chi connectivity index (χ3v) is 7.55. The topological polar surface area (TPSA) is 28.9 Å². The summed E-state index contributed by atoms with van der Waals surface area (Å²) in [7, 11) is 0. The summed E-state index contributed by atoms with van der Waals surface area (Å²) in [6.45, 7) is 0. The molecule has 5 aromatic carbocycles. The van der Waals surface area contributed by atoms with Crippen molar-refractivity contribution in [2.75, 3.05) is 0 Å². The summed E-state index contributed by atoms with van der Waals surface area (Å²) in [5, 5.41) is 8.55. The summed E-state index contributed by atoms with van der Waals surface area (Å²) in [6.07, 6.45) is 0. The molecule has 0 amide bonds. The summed E-state index contributed by atoms with van der Waals surface area (Å²) < 4.78 is 35.8. The van der Waals surface area contributed by atoms with Gasteiger partial charge in [-0.25, -0.2) is 8.78 Å². The molecule has 0 atom stereocenters. The fraction of sp³-hybridized carbons (Fsp3) is 0. The van der Waals surface area contributed by atoms with Crippen molar-refractivity contribution in [3.8, 4) is 0 Å². The van der Waals surface area contributed by atoms with Gasteiger partial charge in [-0.1, -0.05) is 12.1 Å². The molecule has 0 bridgehead atoms. The van der Waals surface area contributed by atoms with Crippen LogP contribution in [0.5, 0.6) is 0 Å². The molecule has 1 N–H and O–H groups in total. The Kier molecular flexibility index (Phi) is 2.65. The monoisotopic (exact) mass is 423 g/mol. The molecular formula is C26H11F2NOS. The van der Waals surface area contributed by atoms with Crippen LogP contribution in [0.2, 0.25) is 0 Å². The second-order valence-electron chi connectivity index (χ2n) is 8.12.